The van der Waals surface area contributed by atoms with Crippen LogP contribution in [0.15, 0.2) is 10.8 Å². The standard InChI is InChI=1S/C19H25BrClN5O2/c1-19(2,3)28-18(27)26-7-5-4-6-13(26)24-8-9-25-12(10-24)15(20)14-16(21)22-11-23-17(14)25/h11,13H,4-10H2,1-3H3. The average molecular weight is 471 g/mol. The van der Waals surface area contributed by atoms with Crippen molar-refractivity contribution < 1.29 is 9.53 Å². The molecule has 9 heteroatoms. The molecule has 1 atom stereocenters. The number of carbonyl (C=O) groups excluding carboxylic acids is 1. The van der Waals surface area contributed by atoms with E-state index in [4.69, 9.17) is 16.3 Å². The zero-order chi connectivity index (χ0) is 20.1. The van der Waals surface area contributed by atoms with Gasteiger partial charge >= 0.3 is 6.09 Å². The lowest BCUT2D eigenvalue weighted by molar-refractivity contribution is -0.0316. The van der Waals surface area contributed by atoms with E-state index in [1.54, 1.807) is 0 Å². The highest BCUT2D eigenvalue weighted by atomic mass is 79.9. The fourth-order valence-corrected chi connectivity index (χ4v) is 5.16. The molecule has 28 heavy (non-hydrogen) atoms. The smallest absolute Gasteiger partial charge is 0.411 e. The van der Waals surface area contributed by atoms with Gasteiger partial charge in [-0.05, 0) is 56.0 Å². The van der Waals surface area contributed by atoms with E-state index >= 15 is 0 Å². The summed E-state index contributed by atoms with van der Waals surface area (Å²) >= 11 is 10.0. The molecule has 0 saturated carbocycles. The number of hydrogen-bond acceptors (Lipinski definition) is 5. The van der Waals surface area contributed by atoms with E-state index in [1.165, 1.54) is 6.33 Å². The summed E-state index contributed by atoms with van der Waals surface area (Å²) in [6, 6.07) is 0. The van der Waals surface area contributed by atoms with Crippen LogP contribution in [0, 0.1) is 0 Å². The Hall–Kier alpha value is -1.38. The van der Waals surface area contributed by atoms with Gasteiger partial charge in [0.1, 0.15) is 22.7 Å². The van der Waals surface area contributed by atoms with E-state index in [1.807, 2.05) is 25.7 Å². The molecule has 2 aromatic heterocycles. The van der Waals surface area contributed by atoms with Gasteiger partial charge in [-0.1, -0.05) is 11.6 Å². The quantitative estimate of drug-likeness (QED) is 0.578. The minimum absolute atomic E-state index is 0.0452. The zero-order valence-corrected chi connectivity index (χ0v) is 18.8. The lowest BCUT2D eigenvalue weighted by Crippen LogP contribution is -2.55. The van der Waals surface area contributed by atoms with Gasteiger partial charge in [0.05, 0.1) is 16.0 Å². The number of likely N-dealkylation sites (tertiary alicyclic amines) is 1. The summed E-state index contributed by atoms with van der Waals surface area (Å²) in [5.74, 6) is 0. The molecule has 1 fully saturated rings. The molecule has 0 N–H and O–H groups in total. The third-order valence-electron chi connectivity index (χ3n) is 5.32. The molecule has 4 heterocycles. The molecule has 2 aliphatic heterocycles. The van der Waals surface area contributed by atoms with Crippen LogP contribution in [0.1, 0.15) is 45.7 Å². The van der Waals surface area contributed by atoms with Crippen LogP contribution in [-0.4, -0.2) is 55.3 Å². The Morgan fingerprint density at radius 1 is 1.25 bits per heavy atom. The van der Waals surface area contributed by atoms with Crippen molar-refractivity contribution in [2.45, 2.75) is 64.9 Å². The molecule has 2 aromatic rings. The summed E-state index contributed by atoms with van der Waals surface area (Å²) in [5, 5.41) is 1.31. The van der Waals surface area contributed by atoms with Crippen molar-refractivity contribution >= 4 is 44.7 Å². The van der Waals surface area contributed by atoms with Gasteiger partial charge in [0.2, 0.25) is 0 Å². The Morgan fingerprint density at radius 2 is 2.04 bits per heavy atom. The van der Waals surface area contributed by atoms with Crippen LogP contribution in [0.5, 0.6) is 0 Å². The molecule has 0 spiro atoms. The first-order chi connectivity index (χ1) is 13.3. The van der Waals surface area contributed by atoms with Crippen molar-refractivity contribution in [1.82, 2.24) is 24.3 Å². The third kappa shape index (κ3) is 3.62. The number of rotatable bonds is 1. The van der Waals surface area contributed by atoms with Gasteiger partial charge in [-0.2, -0.15) is 0 Å². The molecule has 1 unspecified atom stereocenters. The van der Waals surface area contributed by atoms with Gasteiger partial charge in [0, 0.05) is 31.9 Å². The third-order valence-corrected chi connectivity index (χ3v) is 6.46. The minimum atomic E-state index is -0.494. The van der Waals surface area contributed by atoms with E-state index in [-0.39, 0.29) is 12.3 Å². The Labute approximate surface area is 178 Å². The van der Waals surface area contributed by atoms with Crippen molar-refractivity contribution in [2.75, 3.05) is 13.1 Å². The van der Waals surface area contributed by atoms with Gasteiger partial charge in [0.25, 0.3) is 0 Å². The summed E-state index contributed by atoms with van der Waals surface area (Å²) < 4.78 is 8.81. The SMILES string of the molecule is CC(C)(C)OC(=O)N1CCCCC1N1CCn2c(c(Br)c3c(Cl)ncnc32)C1. The number of fused-ring (bicyclic) bond motifs is 3. The van der Waals surface area contributed by atoms with Gasteiger partial charge in [0.15, 0.2) is 0 Å². The van der Waals surface area contributed by atoms with Gasteiger partial charge in [-0.25, -0.2) is 14.8 Å². The summed E-state index contributed by atoms with van der Waals surface area (Å²) in [6.45, 7) is 8.81. The monoisotopic (exact) mass is 469 g/mol. The Balaban J connectivity index is 1.61. The minimum Gasteiger partial charge on any atom is -0.444 e. The van der Waals surface area contributed by atoms with Crippen LogP contribution in [0.4, 0.5) is 4.79 Å². The maximum Gasteiger partial charge on any atom is 0.411 e. The number of ether oxygens (including phenoxy) is 1. The maximum atomic E-state index is 12.8. The summed E-state index contributed by atoms with van der Waals surface area (Å²) in [5.41, 5.74) is 1.48. The molecule has 0 aromatic carbocycles. The average Bonchev–Trinajstić information content (AvgIpc) is 2.93. The van der Waals surface area contributed by atoms with Crippen LogP contribution in [0.2, 0.25) is 5.15 Å². The molecule has 4 rings (SSSR count). The molecule has 0 radical (unpaired) electrons. The Bertz CT molecular complexity index is 910. The molecular formula is C19H25BrClN5O2. The van der Waals surface area contributed by atoms with Crippen molar-refractivity contribution in [3.8, 4) is 0 Å². The van der Waals surface area contributed by atoms with Crippen molar-refractivity contribution in [3.05, 3.63) is 21.6 Å². The van der Waals surface area contributed by atoms with E-state index in [0.29, 0.717) is 5.15 Å². The molecule has 0 aliphatic carbocycles. The first-order valence-corrected chi connectivity index (χ1v) is 10.8. The summed E-state index contributed by atoms with van der Waals surface area (Å²) in [7, 11) is 0. The van der Waals surface area contributed by atoms with Crippen LogP contribution >= 0.6 is 27.5 Å². The fraction of sp³-hybridized carbons (Fsp3) is 0.632. The van der Waals surface area contributed by atoms with Crippen LogP contribution in [-0.2, 0) is 17.8 Å². The molecule has 1 saturated heterocycles. The van der Waals surface area contributed by atoms with Gasteiger partial charge in [-0.15, -0.1) is 0 Å². The number of nitrogens with zero attached hydrogens (tertiary/aromatic N) is 5. The number of halogens is 2. The molecule has 0 bridgehead atoms. The first-order valence-electron chi connectivity index (χ1n) is 9.67. The van der Waals surface area contributed by atoms with Crippen molar-refractivity contribution in [3.63, 3.8) is 0 Å². The largest absolute Gasteiger partial charge is 0.444 e. The second-order valence-electron chi connectivity index (χ2n) is 8.40. The highest BCUT2D eigenvalue weighted by Crippen LogP contribution is 2.37. The lowest BCUT2D eigenvalue weighted by atomic mass is 10.1. The number of carbonyl (C=O) groups is 1. The van der Waals surface area contributed by atoms with E-state index in [0.717, 1.165) is 66.6 Å². The molecule has 2 aliphatic rings. The predicted octanol–water partition coefficient (Wildman–Crippen LogP) is 4.41. The van der Waals surface area contributed by atoms with E-state index < -0.39 is 5.60 Å². The zero-order valence-electron chi connectivity index (χ0n) is 16.4. The van der Waals surface area contributed by atoms with Crippen molar-refractivity contribution in [1.29, 1.82) is 0 Å². The predicted molar refractivity (Wildman–Crippen MR) is 111 cm³/mol. The highest BCUT2D eigenvalue weighted by molar-refractivity contribution is 9.10. The first kappa shape index (κ1) is 19.9. The normalized spacial score (nSPS) is 21.0. The fourth-order valence-electron chi connectivity index (χ4n) is 4.12. The van der Waals surface area contributed by atoms with E-state index in [9.17, 15) is 4.79 Å². The van der Waals surface area contributed by atoms with E-state index in [2.05, 4.69) is 35.4 Å². The second-order valence-corrected chi connectivity index (χ2v) is 9.55. The summed E-state index contributed by atoms with van der Waals surface area (Å²) in [4.78, 5) is 25.6. The number of piperidine rings is 1. The number of hydrogen-bond donors (Lipinski definition) is 0. The number of amides is 1. The second kappa shape index (κ2) is 7.46. The lowest BCUT2D eigenvalue weighted by Gasteiger charge is -2.44. The van der Waals surface area contributed by atoms with Crippen LogP contribution < -0.4 is 0 Å². The highest BCUT2D eigenvalue weighted by Gasteiger charge is 2.36. The van der Waals surface area contributed by atoms with Gasteiger partial charge < -0.3 is 9.30 Å². The van der Waals surface area contributed by atoms with Crippen LogP contribution in [0.25, 0.3) is 11.0 Å². The summed E-state index contributed by atoms with van der Waals surface area (Å²) in [6.07, 6.45) is 4.40. The Morgan fingerprint density at radius 3 is 2.79 bits per heavy atom. The maximum absolute atomic E-state index is 12.8. The molecular weight excluding hydrogens is 446 g/mol. The molecule has 7 nitrogen and oxygen atoms in total. The number of aromatic nitrogens is 3. The molecule has 152 valence electrons. The Kier molecular flexibility index (Phi) is 5.31. The van der Waals surface area contributed by atoms with Crippen molar-refractivity contribution in [2.24, 2.45) is 0 Å². The van der Waals surface area contributed by atoms with Crippen LogP contribution in [0.3, 0.4) is 0 Å². The topological polar surface area (TPSA) is 63.5 Å². The van der Waals surface area contributed by atoms with Gasteiger partial charge in [-0.3, -0.25) is 9.80 Å². The molecule has 1 amide bonds.